The first-order chi connectivity index (χ1) is 13.1. The lowest BCUT2D eigenvalue weighted by atomic mass is 9.92. The molecule has 1 aliphatic rings. The summed E-state index contributed by atoms with van der Waals surface area (Å²) in [4.78, 5) is 17.4. The van der Waals surface area contributed by atoms with Gasteiger partial charge in [-0.05, 0) is 37.5 Å². The van der Waals surface area contributed by atoms with E-state index in [0.717, 1.165) is 31.2 Å². The summed E-state index contributed by atoms with van der Waals surface area (Å²) in [5, 5.41) is 13.2. The lowest BCUT2D eigenvalue weighted by Crippen LogP contribution is -2.45. The minimum Gasteiger partial charge on any atom is -0.391 e. The third-order valence-corrected chi connectivity index (χ3v) is 5.36. The van der Waals surface area contributed by atoms with Crippen LogP contribution in [-0.4, -0.2) is 32.7 Å². The highest BCUT2D eigenvalue weighted by atomic mass is 16.3. The van der Waals surface area contributed by atoms with Crippen molar-refractivity contribution in [2.24, 2.45) is 0 Å². The fraction of sp³-hybridized carbons (Fsp3) is 0.364. The maximum atomic E-state index is 12.9. The van der Waals surface area contributed by atoms with E-state index >= 15 is 0 Å². The smallest absolute Gasteiger partial charge is 0.255 e. The molecule has 0 aliphatic heterocycles. The molecule has 2 atom stereocenters. The van der Waals surface area contributed by atoms with Crippen LogP contribution >= 0.6 is 0 Å². The van der Waals surface area contributed by atoms with Crippen molar-refractivity contribution in [1.82, 2.24) is 14.9 Å². The van der Waals surface area contributed by atoms with Crippen molar-refractivity contribution >= 4 is 16.9 Å². The maximum absolute atomic E-state index is 12.9. The van der Waals surface area contributed by atoms with Gasteiger partial charge in [-0.25, -0.2) is 0 Å². The largest absolute Gasteiger partial charge is 0.391 e. The normalized spacial score (nSPS) is 19.9. The van der Waals surface area contributed by atoms with Gasteiger partial charge in [0.2, 0.25) is 0 Å². The average Bonchev–Trinajstić information content (AvgIpc) is 3.02. The molecule has 2 N–H and O–H groups in total. The molecule has 140 valence electrons. The Morgan fingerprint density at radius 2 is 2.11 bits per heavy atom. The molecule has 5 heteroatoms. The van der Waals surface area contributed by atoms with E-state index in [1.807, 2.05) is 24.4 Å². The second kappa shape index (κ2) is 7.53. The van der Waals surface area contributed by atoms with Crippen LogP contribution in [0.2, 0.25) is 0 Å². The zero-order valence-corrected chi connectivity index (χ0v) is 15.6. The van der Waals surface area contributed by atoms with Gasteiger partial charge in [-0.1, -0.05) is 42.7 Å². The number of carbonyl (C=O) groups excluding carboxylic acids is 1. The summed E-state index contributed by atoms with van der Waals surface area (Å²) in [7, 11) is 0. The Hall–Kier alpha value is -2.66. The number of hydrogen-bond acceptors (Lipinski definition) is 3. The third-order valence-electron chi connectivity index (χ3n) is 5.36. The van der Waals surface area contributed by atoms with E-state index in [4.69, 9.17) is 0 Å². The van der Waals surface area contributed by atoms with E-state index in [1.54, 1.807) is 6.20 Å². The lowest BCUT2D eigenvalue weighted by Gasteiger charge is -2.28. The molecule has 0 spiro atoms. The van der Waals surface area contributed by atoms with Crippen LogP contribution in [-0.2, 0) is 6.54 Å². The van der Waals surface area contributed by atoms with E-state index in [-0.39, 0.29) is 11.9 Å². The van der Waals surface area contributed by atoms with Crippen LogP contribution in [0.25, 0.3) is 11.0 Å². The molecule has 2 aromatic heterocycles. The van der Waals surface area contributed by atoms with Gasteiger partial charge < -0.3 is 15.0 Å². The van der Waals surface area contributed by atoms with Crippen LogP contribution in [0, 0.1) is 6.92 Å². The summed E-state index contributed by atoms with van der Waals surface area (Å²) in [6.45, 7) is 2.76. The van der Waals surface area contributed by atoms with Gasteiger partial charge >= 0.3 is 0 Å². The summed E-state index contributed by atoms with van der Waals surface area (Å²) in [6.07, 6.45) is 6.76. The summed E-state index contributed by atoms with van der Waals surface area (Å²) in [6, 6.07) is 12.1. The van der Waals surface area contributed by atoms with Crippen molar-refractivity contribution in [3.05, 3.63) is 65.5 Å². The van der Waals surface area contributed by atoms with Crippen LogP contribution in [0.1, 0.15) is 47.2 Å². The van der Waals surface area contributed by atoms with E-state index in [2.05, 4.69) is 40.0 Å². The number of carbonyl (C=O) groups is 1. The Morgan fingerprint density at radius 3 is 2.93 bits per heavy atom. The Morgan fingerprint density at radius 1 is 1.26 bits per heavy atom. The van der Waals surface area contributed by atoms with Crippen molar-refractivity contribution < 1.29 is 9.90 Å². The number of amides is 1. The molecule has 0 saturated heterocycles. The number of fused-ring (bicyclic) bond motifs is 1. The number of aromatic nitrogens is 2. The minimum absolute atomic E-state index is 0.160. The first-order valence-electron chi connectivity index (χ1n) is 9.60. The van der Waals surface area contributed by atoms with E-state index in [9.17, 15) is 9.90 Å². The first-order valence-corrected chi connectivity index (χ1v) is 9.60. The molecule has 5 nitrogen and oxygen atoms in total. The van der Waals surface area contributed by atoms with Gasteiger partial charge in [0.1, 0.15) is 5.52 Å². The number of rotatable bonds is 4. The number of aliphatic hydroxyl groups excluding tert-OH is 1. The van der Waals surface area contributed by atoms with Gasteiger partial charge in [-0.15, -0.1) is 0 Å². The predicted octanol–water partition coefficient (Wildman–Crippen LogP) is 3.43. The molecule has 1 fully saturated rings. The molecular formula is C22H25N3O2. The highest BCUT2D eigenvalue weighted by molar-refractivity contribution is 6.05. The predicted molar refractivity (Wildman–Crippen MR) is 106 cm³/mol. The molecule has 0 radical (unpaired) electrons. The van der Waals surface area contributed by atoms with Crippen molar-refractivity contribution in [3.63, 3.8) is 0 Å². The number of benzene rings is 1. The number of nitrogens with one attached hydrogen (secondary N) is 1. The van der Waals surface area contributed by atoms with Crippen molar-refractivity contribution in [2.45, 2.75) is 51.3 Å². The zero-order chi connectivity index (χ0) is 18.8. The molecule has 4 rings (SSSR count). The maximum Gasteiger partial charge on any atom is 0.255 e. The van der Waals surface area contributed by atoms with Crippen LogP contribution in [0.5, 0.6) is 0 Å². The van der Waals surface area contributed by atoms with Crippen LogP contribution in [0.15, 0.2) is 48.8 Å². The zero-order valence-electron chi connectivity index (χ0n) is 15.6. The number of aryl methyl sites for hydroxylation is 1. The van der Waals surface area contributed by atoms with E-state index in [1.165, 1.54) is 11.1 Å². The van der Waals surface area contributed by atoms with Gasteiger partial charge in [0.05, 0.1) is 23.2 Å². The molecule has 1 amide bonds. The second-order valence-electron chi connectivity index (χ2n) is 7.46. The monoisotopic (exact) mass is 363 g/mol. The quantitative estimate of drug-likeness (QED) is 0.746. The Bertz CT molecular complexity index is 963. The second-order valence-corrected chi connectivity index (χ2v) is 7.46. The van der Waals surface area contributed by atoms with Gasteiger partial charge in [-0.3, -0.25) is 9.78 Å². The number of hydrogen-bond donors (Lipinski definition) is 2. The standard InChI is InChI=1S/C22H25N3O2/c1-15-6-4-7-16(12-15)13-25-14-17(21-19(25)9-5-11-23-21)22(27)24-18-8-2-3-10-20(18)26/h4-7,9,11-12,14,18,20,26H,2-3,8,10,13H2,1H3,(H,24,27)/t18-,20?/m0/s1. The summed E-state index contributed by atoms with van der Waals surface area (Å²) in [5.41, 5.74) is 4.61. The number of pyridine rings is 1. The van der Waals surface area contributed by atoms with E-state index < -0.39 is 6.10 Å². The van der Waals surface area contributed by atoms with E-state index in [0.29, 0.717) is 17.6 Å². The molecular weight excluding hydrogens is 338 g/mol. The van der Waals surface area contributed by atoms with Crippen molar-refractivity contribution in [2.75, 3.05) is 0 Å². The highest BCUT2D eigenvalue weighted by Gasteiger charge is 2.26. The molecule has 1 saturated carbocycles. The fourth-order valence-corrected chi connectivity index (χ4v) is 3.95. The minimum atomic E-state index is -0.462. The van der Waals surface area contributed by atoms with Gasteiger partial charge in [0, 0.05) is 18.9 Å². The number of nitrogens with zero attached hydrogens (tertiary/aromatic N) is 2. The molecule has 1 unspecified atom stereocenters. The number of aliphatic hydroxyl groups is 1. The Kier molecular flexibility index (Phi) is 4.94. The first kappa shape index (κ1) is 17.7. The van der Waals surface area contributed by atoms with Gasteiger partial charge in [0.25, 0.3) is 5.91 Å². The molecule has 0 bridgehead atoms. The Balaban J connectivity index is 1.64. The SMILES string of the molecule is Cc1cccc(Cn2cc(C(=O)N[C@H]3CCCCC3O)c3ncccc32)c1. The molecule has 1 aliphatic carbocycles. The van der Waals surface area contributed by atoms with Crippen LogP contribution < -0.4 is 5.32 Å². The summed E-state index contributed by atoms with van der Waals surface area (Å²) < 4.78 is 2.07. The Labute approximate surface area is 159 Å². The molecule has 3 aromatic rings. The summed E-state index contributed by atoms with van der Waals surface area (Å²) >= 11 is 0. The molecule has 1 aromatic carbocycles. The highest BCUT2D eigenvalue weighted by Crippen LogP contribution is 2.23. The third kappa shape index (κ3) is 3.74. The van der Waals surface area contributed by atoms with Crippen LogP contribution in [0.4, 0.5) is 0 Å². The van der Waals surface area contributed by atoms with Gasteiger partial charge in [0.15, 0.2) is 0 Å². The van der Waals surface area contributed by atoms with Crippen molar-refractivity contribution in [3.8, 4) is 0 Å². The van der Waals surface area contributed by atoms with Crippen molar-refractivity contribution in [1.29, 1.82) is 0 Å². The van der Waals surface area contributed by atoms with Gasteiger partial charge in [-0.2, -0.15) is 0 Å². The molecule has 2 heterocycles. The molecule has 27 heavy (non-hydrogen) atoms. The lowest BCUT2D eigenvalue weighted by molar-refractivity contribution is 0.0718. The van der Waals surface area contributed by atoms with Crippen LogP contribution in [0.3, 0.4) is 0 Å². The average molecular weight is 363 g/mol. The summed E-state index contributed by atoms with van der Waals surface area (Å²) in [5.74, 6) is -0.160. The topological polar surface area (TPSA) is 67.2 Å². The fourth-order valence-electron chi connectivity index (χ4n) is 3.95.